The molecule has 0 aliphatic rings. The summed E-state index contributed by atoms with van der Waals surface area (Å²) in [5.74, 6) is -1.93. The van der Waals surface area contributed by atoms with Gasteiger partial charge in [-0.1, -0.05) is 24.3 Å². The molecule has 1 aromatic heterocycles. The van der Waals surface area contributed by atoms with Crippen molar-refractivity contribution in [1.82, 2.24) is 0 Å². The maximum absolute atomic E-state index is 12.5. The largest absolute Gasteiger partial charge is 0.487 e. The number of carbonyl (C=O) groups excluding carboxylic acids is 2. The summed E-state index contributed by atoms with van der Waals surface area (Å²) < 4.78 is 21.8. The molecule has 0 saturated heterocycles. The van der Waals surface area contributed by atoms with Crippen LogP contribution in [-0.2, 0) is 4.79 Å². The van der Waals surface area contributed by atoms with E-state index in [9.17, 15) is 14.4 Å². The molecule has 0 fully saturated rings. The first-order valence-corrected chi connectivity index (χ1v) is 8.90. The van der Waals surface area contributed by atoms with Crippen LogP contribution in [0.15, 0.2) is 57.7 Å². The van der Waals surface area contributed by atoms with Crippen molar-refractivity contribution in [1.29, 1.82) is 0 Å². The highest BCUT2D eigenvalue weighted by Crippen LogP contribution is 2.40. The average molecular weight is 396 g/mol. The summed E-state index contributed by atoms with van der Waals surface area (Å²) in [6, 6.07) is 12.9. The zero-order chi connectivity index (χ0) is 21.2. The van der Waals surface area contributed by atoms with E-state index in [-0.39, 0.29) is 22.3 Å². The van der Waals surface area contributed by atoms with Crippen LogP contribution in [0, 0.1) is 0 Å². The lowest BCUT2D eigenvalue weighted by Crippen LogP contribution is -2.23. The zero-order valence-electron chi connectivity index (χ0n) is 16.5. The van der Waals surface area contributed by atoms with Crippen LogP contribution in [0.25, 0.3) is 11.0 Å². The van der Waals surface area contributed by atoms with E-state index >= 15 is 0 Å². The normalized spacial score (nSPS) is 11.2. The highest BCUT2D eigenvalue weighted by atomic mass is 16.6. The van der Waals surface area contributed by atoms with Gasteiger partial charge in [-0.05, 0) is 45.0 Å². The van der Waals surface area contributed by atoms with Crippen LogP contribution in [0.2, 0.25) is 0 Å². The molecular formula is C22H20O7. The van der Waals surface area contributed by atoms with Crippen molar-refractivity contribution in [3.05, 3.63) is 64.5 Å². The fraction of sp³-hybridized carbons (Fsp3) is 0.227. The van der Waals surface area contributed by atoms with Crippen molar-refractivity contribution in [2.45, 2.75) is 33.3 Å². The second kappa shape index (κ2) is 7.79. The zero-order valence-corrected chi connectivity index (χ0v) is 16.5. The van der Waals surface area contributed by atoms with Crippen molar-refractivity contribution < 1.29 is 28.2 Å². The minimum Gasteiger partial charge on any atom is -0.487 e. The van der Waals surface area contributed by atoms with Gasteiger partial charge >= 0.3 is 17.6 Å². The molecule has 0 spiro atoms. The lowest BCUT2D eigenvalue weighted by atomic mass is 10.1. The number of fused-ring (bicyclic) bond motifs is 1. The van der Waals surface area contributed by atoms with E-state index in [1.54, 1.807) is 30.3 Å². The van der Waals surface area contributed by atoms with Gasteiger partial charge in [0.05, 0.1) is 5.56 Å². The first-order chi connectivity index (χ1) is 13.7. The number of benzene rings is 2. The number of hydrogen-bond donors (Lipinski definition) is 0. The van der Waals surface area contributed by atoms with Crippen LogP contribution in [0.5, 0.6) is 17.2 Å². The first kappa shape index (κ1) is 20.1. The Morgan fingerprint density at radius 3 is 2.21 bits per heavy atom. The maximum Gasteiger partial charge on any atom is 0.383 e. The Labute approximate surface area is 166 Å². The van der Waals surface area contributed by atoms with Gasteiger partial charge in [-0.3, -0.25) is 4.79 Å². The van der Waals surface area contributed by atoms with Gasteiger partial charge in [0.25, 0.3) is 5.75 Å². The van der Waals surface area contributed by atoms with Gasteiger partial charge in [0.2, 0.25) is 0 Å². The van der Waals surface area contributed by atoms with Gasteiger partial charge < -0.3 is 18.6 Å². The third kappa shape index (κ3) is 4.63. The minimum atomic E-state index is -0.953. The van der Waals surface area contributed by atoms with Crippen LogP contribution in [-0.4, -0.2) is 17.5 Å². The topological polar surface area (TPSA) is 92.0 Å². The van der Waals surface area contributed by atoms with Gasteiger partial charge in [-0.25, -0.2) is 9.59 Å². The molecule has 7 nitrogen and oxygen atoms in total. The third-order valence-electron chi connectivity index (χ3n) is 3.68. The smallest absolute Gasteiger partial charge is 0.383 e. The van der Waals surface area contributed by atoms with Gasteiger partial charge in [0, 0.05) is 6.92 Å². The summed E-state index contributed by atoms with van der Waals surface area (Å²) in [5, 5.41) is 0.216. The molecule has 0 amide bonds. The van der Waals surface area contributed by atoms with E-state index in [1.165, 1.54) is 25.1 Å². The molecule has 0 N–H and O–H groups in total. The van der Waals surface area contributed by atoms with E-state index in [1.807, 2.05) is 20.8 Å². The minimum absolute atomic E-state index is 0.132. The molecule has 3 aromatic rings. The monoisotopic (exact) mass is 396 g/mol. The second-order valence-corrected chi connectivity index (χ2v) is 7.24. The number of hydrogen-bond acceptors (Lipinski definition) is 7. The summed E-state index contributed by atoms with van der Waals surface area (Å²) >= 11 is 0. The summed E-state index contributed by atoms with van der Waals surface area (Å²) in [6.07, 6.45) is 0. The van der Waals surface area contributed by atoms with Gasteiger partial charge in [0.1, 0.15) is 22.3 Å². The van der Waals surface area contributed by atoms with E-state index in [2.05, 4.69) is 0 Å². The Morgan fingerprint density at radius 1 is 0.897 bits per heavy atom. The molecule has 2 aromatic carbocycles. The van der Waals surface area contributed by atoms with Gasteiger partial charge in [0.15, 0.2) is 5.75 Å². The summed E-state index contributed by atoms with van der Waals surface area (Å²) in [5.41, 5.74) is -1.18. The van der Waals surface area contributed by atoms with Crippen molar-refractivity contribution in [3.63, 3.8) is 0 Å². The fourth-order valence-electron chi connectivity index (χ4n) is 2.64. The molecule has 0 unspecified atom stereocenters. The van der Waals surface area contributed by atoms with Crippen molar-refractivity contribution in [2.24, 2.45) is 0 Å². The van der Waals surface area contributed by atoms with E-state index in [4.69, 9.17) is 18.6 Å². The van der Waals surface area contributed by atoms with Crippen LogP contribution in [0.4, 0.5) is 0 Å². The lowest BCUT2D eigenvalue weighted by molar-refractivity contribution is -0.131. The first-order valence-electron chi connectivity index (χ1n) is 8.90. The van der Waals surface area contributed by atoms with Crippen molar-refractivity contribution in [3.8, 4) is 17.2 Å². The molecule has 3 rings (SSSR count). The van der Waals surface area contributed by atoms with E-state index in [0.29, 0.717) is 5.75 Å². The highest BCUT2D eigenvalue weighted by Gasteiger charge is 2.26. The number of ether oxygens (including phenoxy) is 3. The molecule has 0 aliphatic carbocycles. The van der Waals surface area contributed by atoms with E-state index in [0.717, 1.165) is 0 Å². The third-order valence-corrected chi connectivity index (χ3v) is 3.68. The average Bonchev–Trinajstić information content (AvgIpc) is 2.63. The van der Waals surface area contributed by atoms with Crippen molar-refractivity contribution >= 4 is 22.9 Å². The molecule has 1 heterocycles. The molecule has 150 valence electrons. The molecule has 0 atom stereocenters. The molecule has 7 heteroatoms. The predicted molar refractivity (Wildman–Crippen MR) is 106 cm³/mol. The molecule has 29 heavy (non-hydrogen) atoms. The molecule has 0 aliphatic heterocycles. The second-order valence-electron chi connectivity index (χ2n) is 7.24. The Kier molecular flexibility index (Phi) is 5.41. The Balaban J connectivity index is 2.21. The fourth-order valence-corrected chi connectivity index (χ4v) is 2.64. The van der Waals surface area contributed by atoms with Crippen molar-refractivity contribution in [2.75, 3.05) is 0 Å². The standard InChI is InChI=1S/C22H20O7/c1-13(23)26-18-17-15(11-8-12-16(17)29-22(2,3)4)27-21(25)19(18)28-20(24)14-9-6-5-7-10-14/h5-12H,1-4H3. The van der Waals surface area contributed by atoms with E-state index < -0.39 is 28.9 Å². The Hall–Kier alpha value is -3.61. The number of rotatable bonds is 4. The Bertz CT molecular complexity index is 1120. The van der Waals surface area contributed by atoms with Crippen LogP contribution < -0.4 is 19.8 Å². The lowest BCUT2D eigenvalue weighted by Gasteiger charge is -2.23. The molecular weight excluding hydrogens is 376 g/mol. The summed E-state index contributed by atoms with van der Waals surface area (Å²) in [4.78, 5) is 36.7. The van der Waals surface area contributed by atoms with Crippen LogP contribution >= 0.6 is 0 Å². The van der Waals surface area contributed by atoms with Gasteiger partial charge in [-0.2, -0.15) is 0 Å². The quantitative estimate of drug-likeness (QED) is 0.484. The molecule has 0 saturated carbocycles. The highest BCUT2D eigenvalue weighted by molar-refractivity contribution is 5.96. The van der Waals surface area contributed by atoms with Gasteiger partial charge in [-0.15, -0.1) is 0 Å². The van der Waals surface area contributed by atoms with Crippen LogP contribution in [0.3, 0.4) is 0 Å². The maximum atomic E-state index is 12.5. The number of carbonyl (C=O) groups is 2. The summed E-state index contributed by atoms with van der Waals surface area (Å²) in [6.45, 7) is 6.70. The SMILES string of the molecule is CC(=O)Oc1c(OC(=O)c2ccccc2)c(=O)oc2cccc(OC(C)(C)C)c12. The summed E-state index contributed by atoms with van der Waals surface area (Å²) in [7, 11) is 0. The predicted octanol–water partition coefficient (Wildman–Crippen LogP) is 4.11. The van der Waals surface area contributed by atoms with Crippen LogP contribution in [0.1, 0.15) is 38.1 Å². The molecule has 0 radical (unpaired) electrons. The number of esters is 2. The Morgan fingerprint density at radius 2 is 1.59 bits per heavy atom. The molecule has 0 bridgehead atoms.